The molecule has 6 nitrogen and oxygen atoms in total. The zero-order chi connectivity index (χ0) is 20.0. The second kappa shape index (κ2) is 7.37. The van der Waals surface area contributed by atoms with Crippen molar-refractivity contribution in [1.29, 1.82) is 0 Å². The number of esters is 1. The first-order valence-corrected chi connectivity index (χ1v) is 9.97. The summed E-state index contributed by atoms with van der Waals surface area (Å²) in [7, 11) is 0. The Morgan fingerprint density at radius 3 is 2.75 bits per heavy atom. The van der Waals surface area contributed by atoms with Crippen molar-refractivity contribution in [2.24, 2.45) is 0 Å². The molecule has 2 aliphatic rings. The Kier molecular flexibility index (Phi) is 5.05. The minimum Gasteiger partial charge on any atom is -0.462 e. The largest absolute Gasteiger partial charge is 0.462 e. The van der Waals surface area contributed by atoms with E-state index in [1.807, 2.05) is 6.92 Å². The minimum absolute atomic E-state index is 0.0730. The van der Waals surface area contributed by atoms with E-state index in [9.17, 15) is 19.1 Å². The van der Waals surface area contributed by atoms with Gasteiger partial charge in [0.25, 0.3) is 0 Å². The maximum atomic E-state index is 15.0. The fourth-order valence-electron chi connectivity index (χ4n) is 3.72. The highest BCUT2D eigenvalue weighted by molar-refractivity contribution is 6.38. The van der Waals surface area contributed by atoms with Crippen LogP contribution in [0, 0.1) is 5.82 Å². The van der Waals surface area contributed by atoms with E-state index in [1.54, 1.807) is 9.47 Å². The second-order valence-corrected chi connectivity index (χ2v) is 7.83. The molecule has 1 unspecified atom stereocenters. The normalized spacial score (nSPS) is 19.4. The van der Waals surface area contributed by atoms with E-state index in [4.69, 9.17) is 16.3 Å². The standard InChI is InChI=1S/C20H22ClFN2O4/c1-2-7-28-20(27)14-10-24(11-3-4-11)17-13(19(14)26)8-15(22)18(16(17)21)23-6-5-12(25)9-23/h8,10-12,25H,2-7,9H2,1H3. The molecular formula is C20H22ClFN2O4. The van der Waals surface area contributed by atoms with E-state index in [1.165, 1.54) is 6.20 Å². The van der Waals surface area contributed by atoms with Crippen LogP contribution in [-0.2, 0) is 4.74 Å². The summed E-state index contributed by atoms with van der Waals surface area (Å²) in [4.78, 5) is 27.0. The molecule has 1 N–H and O–H groups in total. The Morgan fingerprint density at radius 2 is 2.14 bits per heavy atom. The third-order valence-electron chi connectivity index (χ3n) is 5.26. The molecule has 150 valence electrons. The van der Waals surface area contributed by atoms with Crippen molar-refractivity contribution in [2.45, 2.75) is 44.8 Å². The fraction of sp³-hybridized carbons (Fsp3) is 0.500. The first-order valence-electron chi connectivity index (χ1n) is 9.59. The van der Waals surface area contributed by atoms with Gasteiger partial charge in [-0.15, -0.1) is 0 Å². The number of halogens is 2. The lowest BCUT2D eigenvalue weighted by Gasteiger charge is -2.23. The number of nitrogens with zero attached hydrogens (tertiary/aromatic N) is 2. The molecule has 1 aromatic carbocycles. The predicted molar refractivity (Wildman–Crippen MR) is 105 cm³/mol. The van der Waals surface area contributed by atoms with Gasteiger partial charge < -0.3 is 19.3 Å². The summed E-state index contributed by atoms with van der Waals surface area (Å²) in [5.74, 6) is -1.34. The molecule has 1 saturated heterocycles. The average Bonchev–Trinajstić information content (AvgIpc) is 3.42. The van der Waals surface area contributed by atoms with Gasteiger partial charge in [-0.2, -0.15) is 0 Å². The van der Waals surface area contributed by atoms with Gasteiger partial charge in [-0.3, -0.25) is 4.79 Å². The molecule has 4 rings (SSSR count). The molecule has 1 aliphatic carbocycles. The van der Waals surface area contributed by atoms with Gasteiger partial charge in [0.15, 0.2) is 0 Å². The van der Waals surface area contributed by atoms with E-state index in [0.29, 0.717) is 24.9 Å². The number of fused-ring (bicyclic) bond motifs is 1. The molecule has 1 aromatic heterocycles. The third-order valence-corrected chi connectivity index (χ3v) is 5.62. The summed E-state index contributed by atoms with van der Waals surface area (Å²) >= 11 is 6.60. The van der Waals surface area contributed by atoms with E-state index in [0.717, 1.165) is 18.9 Å². The SMILES string of the molecule is CCCOC(=O)c1cn(C2CC2)c2c(Cl)c(N3CCC(O)C3)c(F)cc2c1=O. The molecule has 2 aromatic rings. The van der Waals surface area contributed by atoms with Crippen molar-refractivity contribution < 1.29 is 19.0 Å². The van der Waals surface area contributed by atoms with Crippen molar-refractivity contribution in [2.75, 3.05) is 24.6 Å². The summed E-state index contributed by atoms with van der Waals surface area (Å²) in [5.41, 5.74) is -0.0608. The number of carbonyl (C=O) groups is 1. The number of β-amino-alcohol motifs (C(OH)–C–C–N with tert-alkyl or cyclic N) is 1. The fourth-order valence-corrected chi connectivity index (χ4v) is 4.13. The molecule has 8 heteroatoms. The van der Waals surface area contributed by atoms with Gasteiger partial charge in [0.05, 0.1) is 34.3 Å². The third kappa shape index (κ3) is 3.26. The monoisotopic (exact) mass is 408 g/mol. The molecule has 0 amide bonds. The van der Waals surface area contributed by atoms with Crippen LogP contribution in [0.4, 0.5) is 10.1 Å². The number of hydrogen-bond acceptors (Lipinski definition) is 5. The van der Waals surface area contributed by atoms with E-state index in [2.05, 4.69) is 0 Å². The molecule has 1 aliphatic heterocycles. The number of pyridine rings is 1. The van der Waals surface area contributed by atoms with Crippen LogP contribution < -0.4 is 10.3 Å². The first kappa shape index (κ1) is 19.2. The van der Waals surface area contributed by atoms with Crippen LogP contribution >= 0.6 is 11.6 Å². The van der Waals surface area contributed by atoms with Gasteiger partial charge in [-0.1, -0.05) is 18.5 Å². The molecule has 2 heterocycles. The van der Waals surface area contributed by atoms with Gasteiger partial charge in [0, 0.05) is 25.3 Å². The number of rotatable bonds is 5. The Morgan fingerprint density at radius 1 is 1.39 bits per heavy atom. The smallest absolute Gasteiger partial charge is 0.343 e. The lowest BCUT2D eigenvalue weighted by Crippen LogP contribution is -2.25. The van der Waals surface area contributed by atoms with Crippen molar-refractivity contribution >= 4 is 34.2 Å². The predicted octanol–water partition coefficient (Wildman–Crippen LogP) is 3.27. The molecule has 1 atom stereocenters. The number of benzene rings is 1. The molecule has 0 bridgehead atoms. The van der Waals surface area contributed by atoms with Crippen LogP contribution in [0.25, 0.3) is 10.9 Å². The van der Waals surface area contributed by atoms with Crippen LogP contribution in [0.1, 0.15) is 49.0 Å². The highest BCUT2D eigenvalue weighted by atomic mass is 35.5. The molecular weight excluding hydrogens is 387 g/mol. The first-order chi connectivity index (χ1) is 13.4. The summed E-state index contributed by atoms with van der Waals surface area (Å²) in [6.45, 7) is 2.85. The van der Waals surface area contributed by atoms with E-state index in [-0.39, 0.29) is 40.9 Å². The van der Waals surface area contributed by atoms with Gasteiger partial charge in [0.2, 0.25) is 5.43 Å². The number of hydrogen-bond donors (Lipinski definition) is 1. The van der Waals surface area contributed by atoms with Crippen molar-refractivity contribution in [3.63, 3.8) is 0 Å². The van der Waals surface area contributed by atoms with Crippen LogP contribution in [0.15, 0.2) is 17.1 Å². The molecule has 0 spiro atoms. The maximum Gasteiger partial charge on any atom is 0.343 e. The Hall–Kier alpha value is -2.12. The zero-order valence-electron chi connectivity index (χ0n) is 15.6. The van der Waals surface area contributed by atoms with Crippen LogP contribution in [0.3, 0.4) is 0 Å². The quantitative estimate of drug-likeness (QED) is 0.769. The molecule has 1 saturated carbocycles. The second-order valence-electron chi connectivity index (χ2n) is 7.45. The number of aliphatic hydroxyl groups is 1. The summed E-state index contributed by atoms with van der Waals surface area (Å²) < 4.78 is 21.9. The minimum atomic E-state index is -0.702. The Balaban J connectivity index is 1.92. The van der Waals surface area contributed by atoms with Gasteiger partial charge in [0.1, 0.15) is 11.4 Å². The van der Waals surface area contributed by atoms with Crippen molar-refractivity contribution in [1.82, 2.24) is 4.57 Å². The molecule has 28 heavy (non-hydrogen) atoms. The number of aromatic nitrogens is 1. The number of anilines is 1. The van der Waals surface area contributed by atoms with Gasteiger partial charge in [-0.05, 0) is 31.7 Å². The highest BCUT2D eigenvalue weighted by Crippen LogP contribution is 2.42. The van der Waals surface area contributed by atoms with Gasteiger partial charge in [-0.25, -0.2) is 9.18 Å². The topological polar surface area (TPSA) is 71.8 Å². The van der Waals surface area contributed by atoms with Crippen molar-refractivity contribution in [3.8, 4) is 0 Å². The maximum absolute atomic E-state index is 15.0. The Bertz CT molecular complexity index is 1000. The van der Waals surface area contributed by atoms with E-state index >= 15 is 0 Å². The molecule has 2 fully saturated rings. The summed E-state index contributed by atoms with van der Waals surface area (Å²) in [6, 6.07) is 1.26. The highest BCUT2D eigenvalue weighted by Gasteiger charge is 2.32. The average molecular weight is 409 g/mol. The Labute approximate surface area is 166 Å². The number of ether oxygens (including phenoxy) is 1. The van der Waals surface area contributed by atoms with E-state index < -0.39 is 23.3 Å². The van der Waals surface area contributed by atoms with Crippen LogP contribution in [-0.4, -0.2) is 41.4 Å². The van der Waals surface area contributed by atoms with Crippen LogP contribution in [0.2, 0.25) is 5.02 Å². The van der Waals surface area contributed by atoms with Gasteiger partial charge >= 0.3 is 5.97 Å². The molecule has 0 radical (unpaired) electrons. The number of aliphatic hydroxyl groups excluding tert-OH is 1. The summed E-state index contributed by atoms with van der Waals surface area (Å²) in [5, 5.41) is 10.0. The summed E-state index contributed by atoms with van der Waals surface area (Å²) in [6.07, 6.45) is 3.92. The van der Waals surface area contributed by atoms with Crippen LogP contribution in [0.5, 0.6) is 0 Å². The number of carbonyl (C=O) groups excluding carboxylic acids is 1. The van der Waals surface area contributed by atoms with Crippen molar-refractivity contribution in [3.05, 3.63) is 38.9 Å². The zero-order valence-corrected chi connectivity index (χ0v) is 16.3. The lowest BCUT2D eigenvalue weighted by molar-refractivity contribution is 0.0503. The lowest BCUT2D eigenvalue weighted by atomic mass is 10.1.